The third-order valence-corrected chi connectivity index (χ3v) is 8.75. The number of primary amides is 1. The van der Waals surface area contributed by atoms with Crippen LogP contribution < -0.4 is 32.3 Å². The van der Waals surface area contributed by atoms with Crippen molar-refractivity contribution >= 4 is 58.0 Å². The number of Topliss-reactive ketones (excluding diaryl/α,β-unsaturated/α-hetero) is 1. The fourth-order valence-corrected chi connectivity index (χ4v) is 5.68. The number of esters is 1. The number of anilines is 1. The monoisotopic (exact) mass is 759 g/mol. The summed E-state index contributed by atoms with van der Waals surface area (Å²) in [4.78, 5) is 91.2. The summed E-state index contributed by atoms with van der Waals surface area (Å²) in [6.07, 6.45) is 6.57. The average Bonchev–Trinajstić information content (AvgIpc) is 3.57. The first-order chi connectivity index (χ1) is 26.4. The highest BCUT2D eigenvalue weighted by molar-refractivity contribution is 5.98. The smallest absolute Gasteiger partial charge is 0.312 e. The number of amides is 6. The first-order valence-corrected chi connectivity index (χ1v) is 18.6. The molecule has 3 atom stereocenters. The normalized spacial score (nSPS) is 12.6. The quantitative estimate of drug-likeness (QED) is 0.0427. The van der Waals surface area contributed by atoms with Crippen LogP contribution in [-0.2, 0) is 46.5 Å². The van der Waals surface area contributed by atoms with Gasteiger partial charge in [0.1, 0.15) is 24.5 Å². The number of ketones is 1. The molecule has 1 heterocycles. The SMILES string of the molecule is CC=CC(C)C(=O)CCNC(=O)CCCC(=O)N[C@@H](Cc1c[nH]c2ccccc12)C(=O)N[C@@H](CCCNC(N)=O)C(=O)Nc1ccc(COC(=O)CC)cc1. The van der Waals surface area contributed by atoms with Gasteiger partial charge in [0.2, 0.25) is 23.6 Å². The highest BCUT2D eigenvalue weighted by Gasteiger charge is 2.28. The number of para-hydroxylation sites is 1. The largest absolute Gasteiger partial charge is 0.461 e. The molecule has 0 radical (unpaired) electrons. The Labute approximate surface area is 321 Å². The second kappa shape index (κ2) is 22.9. The zero-order valence-corrected chi connectivity index (χ0v) is 31.7. The third-order valence-electron chi connectivity index (χ3n) is 8.75. The van der Waals surface area contributed by atoms with Crippen molar-refractivity contribution in [1.29, 1.82) is 0 Å². The number of benzene rings is 2. The summed E-state index contributed by atoms with van der Waals surface area (Å²) in [7, 11) is 0. The van der Waals surface area contributed by atoms with Gasteiger partial charge >= 0.3 is 12.0 Å². The Kier molecular flexibility index (Phi) is 18.1. The summed E-state index contributed by atoms with van der Waals surface area (Å²) in [5, 5.41) is 14.4. The van der Waals surface area contributed by atoms with E-state index in [2.05, 4.69) is 31.6 Å². The van der Waals surface area contributed by atoms with E-state index in [1.54, 1.807) is 50.4 Å². The maximum Gasteiger partial charge on any atom is 0.312 e. The Morgan fingerprint density at radius 1 is 0.836 bits per heavy atom. The molecule has 3 aromatic rings. The summed E-state index contributed by atoms with van der Waals surface area (Å²) in [6.45, 7) is 5.78. The lowest BCUT2D eigenvalue weighted by Crippen LogP contribution is -2.53. The van der Waals surface area contributed by atoms with Gasteiger partial charge in [-0.1, -0.05) is 56.3 Å². The Balaban J connectivity index is 1.69. The maximum absolute atomic E-state index is 13.9. The third kappa shape index (κ3) is 15.5. The lowest BCUT2D eigenvalue weighted by Gasteiger charge is -2.23. The van der Waals surface area contributed by atoms with Gasteiger partial charge in [-0.25, -0.2) is 4.79 Å². The number of fused-ring (bicyclic) bond motifs is 1. The summed E-state index contributed by atoms with van der Waals surface area (Å²) in [6, 6.07) is 11.3. The number of allylic oxidation sites excluding steroid dienone is 2. The molecule has 55 heavy (non-hydrogen) atoms. The van der Waals surface area contributed by atoms with Gasteiger partial charge in [0.05, 0.1) is 0 Å². The van der Waals surface area contributed by atoms with E-state index in [1.165, 1.54) is 0 Å². The Hall–Kier alpha value is -5.99. The molecule has 0 bridgehead atoms. The number of ether oxygens (including phenoxy) is 1. The van der Waals surface area contributed by atoms with Crippen molar-refractivity contribution < 1.29 is 38.3 Å². The van der Waals surface area contributed by atoms with E-state index >= 15 is 0 Å². The van der Waals surface area contributed by atoms with Crippen molar-refractivity contribution in [2.75, 3.05) is 18.4 Å². The molecule has 0 aliphatic carbocycles. The number of H-pyrrole nitrogens is 1. The molecule has 6 amide bonds. The number of carbonyl (C=O) groups excluding carboxylic acids is 7. The van der Waals surface area contributed by atoms with Crippen molar-refractivity contribution in [2.45, 2.75) is 90.8 Å². The standard InChI is InChI=1S/C40H53N7O8/c1-4-10-26(3)34(48)20-22-42-35(49)14-8-15-36(50)46-33(23-28-24-44-31-12-7-6-11-30(28)31)39(53)47-32(13-9-21-43-40(41)54)38(52)45-29-18-16-27(17-19-29)25-55-37(51)5-2/h4,6-7,10-12,16-19,24,26,32-33,44H,5,8-9,13-15,20-23,25H2,1-3H3,(H,42,49)(H,45,52)(H,46,50)(H,47,53)(H3,41,43,54)/t26?,32-,33-/m0/s1. The molecule has 0 aliphatic rings. The van der Waals surface area contributed by atoms with Gasteiger partial charge in [-0.2, -0.15) is 0 Å². The molecule has 1 unspecified atom stereocenters. The van der Waals surface area contributed by atoms with Crippen LogP contribution in [0.15, 0.2) is 66.9 Å². The molecule has 0 saturated carbocycles. The number of rotatable bonds is 23. The maximum atomic E-state index is 13.9. The molecular weight excluding hydrogens is 706 g/mol. The summed E-state index contributed by atoms with van der Waals surface area (Å²) in [5.74, 6) is -2.43. The number of nitrogens with two attached hydrogens (primary N) is 1. The fraction of sp³-hybridized carbons (Fsp3) is 0.425. The Morgan fingerprint density at radius 3 is 2.27 bits per heavy atom. The van der Waals surface area contributed by atoms with E-state index in [4.69, 9.17) is 10.5 Å². The predicted molar refractivity (Wildman–Crippen MR) is 208 cm³/mol. The molecule has 296 valence electrons. The first kappa shape index (κ1) is 43.4. The summed E-state index contributed by atoms with van der Waals surface area (Å²) < 4.78 is 5.15. The highest BCUT2D eigenvalue weighted by Crippen LogP contribution is 2.20. The van der Waals surface area contributed by atoms with E-state index in [-0.39, 0.29) is 88.2 Å². The van der Waals surface area contributed by atoms with Crippen molar-refractivity contribution in [3.8, 4) is 0 Å². The topological polar surface area (TPSA) is 231 Å². The van der Waals surface area contributed by atoms with Gasteiger partial charge in [-0.15, -0.1) is 0 Å². The number of hydrogen-bond donors (Lipinski definition) is 7. The molecule has 15 heteroatoms. The van der Waals surface area contributed by atoms with Crippen LogP contribution >= 0.6 is 0 Å². The van der Waals surface area contributed by atoms with Crippen molar-refractivity contribution in [1.82, 2.24) is 26.3 Å². The van der Waals surface area contributed by atoms with Gasteiger partial charge in [0.15, 0.2) is 0 Å². The molecule has 0 saturated heterocycles. The molecular formula is C40H53N7O8. The second-order valence-electron chi connectivity index (χ2n) is 13.1. The summed E-state index contributed by atoms with van der Waals surface area (Å²) >= 11 is 0. The second-order valence-corrected chi connectivity index (χ2v) is 13.1. The average molecular weight is 760 g/mol. The minimum absolute atomic E-state index is 0.0152. The molecule has 0 spiro atoms. The molecule has 2 aromatic carbocycles. The number of carbonyl (C=O) groups is 7. The van der Waals surface area contributed by atoms with Crippen LogP contribution in [0.2, 0.25) is 0 Å². The Bertz CT molecular complexity index is 1800. The van der Waals surface area contributed by atoms with Gasteiger partial charge < -0.3 is 42.0 Å². The van der Waals surface area contributed by atoms with Crippen LogP contribution in [0.4, 0.5) is 10.5 Å². The zero-order chi connectivity index (χ0) is 40.2. The lowest BCUT2D eigenvalue weighted by atomic mass is 10.0. The van der Waals surface area contributed by atoms with Gasteiger partial charge in [0.25, 0.3) is 0 Å². The van der Waals surface area contributed by atoms with Gasteiger partial charge in [0, 0.05) is 73.9 Å². The fourth-order valence-electron chi connectivity index (χ4n) is 5.68. The molecule has 15 nitrogen and oxygen atoms in total. The van der Waals surface area contributed by atoms with Crippen LogP contribution in [0, 0.1) is 5.92 Å². The lowest BCUT2D eigenvalue weighted by molar-refractivity contribution is -0.144. The van der Waals surface area contributed by atoms with Crippen LogP contribution in [-0.4, -0.2) is 71.6 Å². The van der Waals surface area contributed by atoms with E-state index in [1.807, 2.05) is 37.3 Å². The van der Waals surface area contributed by atoms with Crippen molar-refractivity contribution in [2.24, 2.45) is 11.7 Å². The molecule has 0 aliphatic heterocycles. The number of urea groups is 1. The molecule has 3 rings (SSSR count). The molecule has 8 N–H and O–H groups in total. The highest BCUT2D eigenvalue weighted by atomic mass is 16.5. The van der Waals surface area contributed by atoms with E-state index in [0.29, 0.717) is 12.1 Å². The zero-order valence-electron chi connectivity index (χ0n) is 31.7. The van der Waals surface area contributed by atoms with Gasteiger partial charge in [-0.3, -0.25) is 28.8 Å². The van der Waals surface area contributed by atoms with Crippen molar-refractivity contribution in [3.63, 3.8) is 0 Å². The van der Waals surface area contributed by atoms with E-state index in [0.717, 1.165) is 22.0 Å². The predicted octanol–water partition coefficient (Wildman–Crippen LogP) is 3.68. The van der Waals surface area contributed by atoms with Crippen LogP contribution in [0.1, 0.15) is 76.8 Å². The molecule has 0 fully saturated rings. The van der Waals surface area contributed by atoms with Crippen LogP contribution in [0.25, 0.3) is 10.9 Å². The minimum atomic E-state index is -1.09. The van der Waals surface area contributed by atoms with Gasteiger partial charge in [-0.05, 0) is 55.5 Å². The number of aromatic nitrogens is 1. The minimum Gasteiger partial charge on any atom is -0.461 e. The molecule has 1 aromatic heterocycles. The summed E-state index contributed by atoms with van der Waals surface area (Å²) in [5.41, 5.74) is 7.97. The first-order valence-electron chi connectivity index (χ1n) is 18.6. The van der Waals surface area contributed by atoms with Crippen molar-refractivity contribution in [3.05, 3.63) is 78.0 Å². The number of hydrogen-bond acceptors (Lipinski definition) is 8. The van der Waals surface area contributed by atoms with Crippen LogP contribution in [0.5, 0.6) is 0 Å². The van der Waals surface area contributed by atoms with E-state index < -0.39 is 35.8 Å². The Morgan fingerprint density at radius 2 is 1.56 bits per heavy atom. The number of aromatic amines is 1. The number of nitrogens with one attached hydrogen (secondary N) is 6. The van der Waals surface area contributed by atoms with Crippen LogP contribution in [0.3, 0.4) is 0 Å². The van der Waals surface area contributed by atoms with E-state index in [9.17, 15) is 33.6 Å².